The second-order valence-electron chi connectivity index (χ2n) is 4.68. The topological polar surface area (TPSA) is 55.6 Å². The molecule has 0 radical (unpaired) electrons. The zero-order valence-electron chi connectivity index (χ0n) is 11.7. The minimum absolute atomic E-state index is 0.558. The van der Waals surface area contributed by atoms with E-state index in [4.69, 9.17) is 11.6 Å². The van der Waals surface area contributed by atoms with Crippen molar-refractivity contribution >= 4 is 17.4 Å². The third-order valence-electron chi connectivity index (χ3n) is 3.09. The van der Waals surface area contributed by atoms with Crippen molar-refractivity contribution in [1.29, 1.82) is 0 Å². The van der Waals surface area contributed by atoms with Gasteiger partial charge >= 0.3 is 0 Å². The van der Waals surface area contributed by atoms with Crippen molar-refractivity contribution in [2.24, 2.45) is 0 Å². The molecule has 20 heavy (non-hydrogen) atoms. The first-order valence-corrected chi connectivity index (χ1v) is 7.38. The molecule has 0 bridgehead atoms. The monoisotopic (exact) mass is 293 g/mol. The van der Waals surface area contributed by atoms with Crippen LogP contribution in [0.1, 0.15) is 31.7 Å². The average molecular weight is 294 g/mol. The maximum atomic E-state index is 6.11. The molecule has 2 heterocycles. The van der Waals surface area contributed by atoms with Crippen LogP contribution in [-0.2, 0) is 13.0 Å². The summed E-state index contributed by atoms with van der Waals surface area (Å²) in [6.45, 7) is 4.00. The maximum Gasteiger partial charge on any atom is 0.137 e. The quantitative estimate of drug-likeness (QED) is 0.600. The van der Waals surface area contributed by atoms with Gasteiger partial charge in [-0.15, -0.1) is 0 Å². The molecule has 1 N–H and O–H groups in total. The van der Waals surface area contributed by atoms with Crippen molar-refractivity contribution in [1.82, 2.24) is 19.5 Å². The Morgan fingerprint density at radius 3 is 2.95 bits per heavy atom. The lowest BCUT2D eigenvalue weighted by Gasteiger charge is -2.11. The van der Waals surface area contributed by atoms with E-state index >= 15 is 0 Å². The molecule has 0 atom stereocenters. The molecular formula is C14H20ClN5. The lowest BCUT2D eigenvalue weighted by molar-refractivity contribution is 0.620. The van der Waals surface area contributed by atoms with Crippen molar-refractivity contribution in [3.63, 3.8) is 0 Å². The van der Waals surface area contributed by atoms with Crippen LogP contribution < -0.4 is 5.32 Å². The Labute approximate surface area is 124 Å². The molecule has 0 fully saturated rings. The van der Waals surface area contributed by atoms with Crippen LogP contribution in [0, 0.1) is 0 Å². The number of imidazole rings is 1. The fraction of sp³-hybridized carbons (Fsp3) is 0.500. The number of nitrogens with zero attached hydrogens (tertiary/aromatic N) is 4. The van der Waals surface area contributed by atoms with Crippen LogP contribution in [0.5, 0.6) is 0 Å². The molecule has 108 valence electrons. The number of anilines is 1. The number of aromatic nitrogens is 4. The molecule has 6 heteroatoms. The largest absolute Gasteiger partial charge is 0.370 e. The van der Waals surface area contributed by atoms with E-state index in [2.05, 4.69) is 31.8 Å². The fourth-order valence-corrected chi connectivity index (χ4v) is 2.29. The highest BCUT2D eigenvalue weighted by molar-refractivity contribution is 6.30. The Morgan fingerprint density at radius 2 is 2.20 bits per heavy atom. The molecule has 0 aliphatic carbocycles. The van der Waals surface area contributed by atoms with E-state index in [1.54, 1.807) is 6.20 Å². The van der Waals surface area contributed by atoms with E-state index in [-0.39, 0.29) is 0 Å². The summed E-state index contributed by atoms with van der Waals surface area (Å²) in [6.07, 6.45) is 11.2. The first-order chi connectivity index (χ1) is 9.81. The molecule has 5 nitrogen and oxygen atoms in total. The van der Waals surface area contributed by atoms with Gasteiger partial charge in [0, 0.05) is 31.0 Å². The number of nitrogens with one attached hydrogen (secondary N) is 1. The van der Waals surface area contributed by atoms with E-state index < -0.39 is 0 Å². The first-order valence-electron chi connectivity index (χ1n) is 7.00. The molecule has 0 saturated heterocycles. The summed E-state index contributed by atoms with van der Waals surface area (Å²) < 4.78 is 2.09. The van der Waals surface area contributed by atoms with Crippen LogP contribution in [0.25, 0.3) is 0 Å². The molecule has 2 aromatic rings. The van der Waals surface area contributed by atoms with Gasteiger partial charge in [0.25, 0.3) is 0 Å². The van der Waals surface area contributed by atoms with Gasteiger partial charge in [0.05, 0.1) is 6.33 Å². The molecule has 2 rings (SSSR count). The van der Waals surface area contributed by atoms with Gasteiger partial charge in [0.2, 0.25) is 0 Å². The van der Waals surface area contributed by atoms with Crippen LogP contribution in [0.2, 0.25) is 5.15 Å². The number of aryl methyl sites for hydroxylation is 1. The lowest BCUT2D eigenvalue weighted by Crippen LogP contribution is -2.08. The third kappa shape index (κ3) is 4.20. The summed E-state index contributed by atoms with van der Waals surface area (Å²) in [5, 5.41) is 3.92. The number of unbranched alkanes of at least 4 members (excludes halogenated alkanes) is 1. The van der Waals surface area contributed by atoms with Gasteiger partial charge in [0.15, 0.2) is 0 Å². The zero-order valence-corrected chi connectivity index (χ0v) is 12.5. The predicted molar refractivity (Wildman–Crippen MR) is 81.0 cm³/mol. The standard InChI is InChI=1S/C14H20ClN5/c1-2-5-12-13(15)18-10-19-14(12)17-6-3-4-8-20-9-7-16-11-20/h7,9-11H,2-6,8H2,1H3,(H,17,18,19). The molecule has 0 saturated carbocycles. The normalized spacial score (nSPS) is 10.7. The summed E-state index contributed by atoms with van der Waals surface area (Å²) in [7, 11) is 0. The molecule has 0 amide bonds. The Bertz CT molecular complexity index is 512. The van der Waals surface area contributed by atoms with Crippen molar-refractivity contribution in [3.05, 3.63) is 35.8 Å². The van der Waals surface area contributed by atoms with E-state index in [0.717, 1.165) is 50.2 Å². The van der Waals surface area contributed by atoms with Crippen molar-refractivity contribution in [2.45, 2.75) is 39.2 Å². The molecule has 2 aromatic heterocycles. The Balaban J connectivity index is 1.77. The predicted octanol–water partition coefficient (Wildman–Crippen LogP) is 3.17. The Kier molecular flexibility index (Phi) is 5.80. The second-order valence-corrected chi connectivity index (χ2v) is 5.03. The summed E-state index contributed by atoms with van der Waals surface area (Å²) in [4.78, 5) is 12.4. The molecule has 0 aromatic carbocycles. The number of hydrogen-bond acceptors (Lipinski definition) is 4. The highest BCUT2D eigenvalue weighted by Crippen LogP contribution is 2.21. The van der Waals surface area contributed by atoms with E-state index in [1.165, 1.54) is 6.33 Å². The Morgan fingerprint density at radius 1 is 1.30 bits per heavy atom. The lowest BCUT2D eigenvalue weighted by atomic mass is 10.2. The van der Waals surface area contributed by atoms with Gasteiger partial charge in [-0.1, -0.05) is 24.9 Å². The summed E-state index contributed by atoms with van der Waals surface area (Å²) in [6, 6.07) is 0. The summed E-state index contributed by atoms with van der Waals surface area (Å²) in [5.74, 6) is 0.870. The molecule has 0 spiro atoms. The van der Waals surface area contributed by atoms with Gasteiger partial charge in [-0.05, 0) is 19.3 Å². The highest BCUT2D eigenvalue weighted by atomic mass is 35.5. The fourth-order valence-electron chi connectivity index (χ4n) is 2.06. The SMILES string of the molecule is CCCc1c(Cl)ncnc1NCCCCn1ccnc1. The van der Waals surface area contributed by atoms with Crippen LogP contribution >= 0.6 is 11.6 Å². The average Bonchev–Trinajstić information content (AvgIpc) is 2.95. The minimum atomic E-state index is 0.558. The highest BCUT2D eigenvalue weighted by Gasteiger charge is 2.08. The van der Waals surface area contributed by atoms with Crippen molar-refractivity contribution < 1.29 is 0 Å². The van der Waals surface area contributed by atoms with E-state index in [1.807, 2.05) is 12.5 Å². The second kappa shape index (κ2) is 7.85. The van der Waals surface area contributed by atoms with Gasteiger partial charge in [0.1, 0.15) is 17.3 Å². The summed E-state index contributed by atoms with van der Waals surface area (Å²) >= 11 is 6.11. The molecule has 0 unspecified atom stereocenters. The first kappa shape index (κ1) is 14.8. The van der Waals surface area contributed by atoms with E-state index in [9.17, 15) is 0 Å². The molecule has 0 aliphatic rings. The number of halogens is 1. The number of hydrogen-bond donors (Lipinski definition) is 1. The smallest absolute Gasteiger partial charge is 0.137 e. The van der Waals surface area contributed by atoms with Crippen LogP contribution in [0.3, 0.4) is 0 Å². The molecular weight excluding hydrogens is 274 g/mol. The van der Waals surface area contributed by atoms with Gasteiger partial charge in [-0.2, -0.15) is 0 Å². The van der Waals surface area contributed by atoms with E-state index in [0.29, 0.717) is 5.15 Å². The third-order valence-corrected chi connectivity index (χ3v) is 3.41. The zero-order chi connectivity index (χ0) is 14.2. The Hall–Kier alpha value is -1.62. The van der Waals surface area contributed by atoms with Crippen LogP contribution in [-0.4, -0.2) is 26.1 Å². The van der Waals surface area contributed by atoms with Gasteiger partial charge < -0.3 is 9.88 Å². The van der Waals surface area contributed by atoms with Crippen LogP contribution in [0.15, 0.2) is 25.0 Å². The van der Waals surface area contributed by atoms with Crippen molar-refractivity contribution in [3.8, 4) is 0 Å². The van der Waals surface area contributed by atoms with Crippen molar-refractivity contribution in [2.75, 3.05) is 11.9 Å². The van der Waals surface area contributed by atoms with Gasteiger partial charge in [-0.3, -0.25) is 0 Å². The number of rotatable bonds is 8. The molecule has 0 aliphatic heterocycles. The van der Waals surface area contributed by atoms with Crippen LogP contribution in [0.4, 0.5) is 5.82 Å². The minimum Gasteiger partial charge on any atom is -0.370 e. The van der Waals surface area contributed by atoms with Gasteiger partial charge in [-0.25, -0.2) is 15.0 Å². The summed E-state index contributed by atoms with van der Waals surface area (Å²) in [5.41, 5.74) is 1.02. The maximum absolute atomic E-state index is 6.11.